The standard InChI is InChI=1S/C58H64N2O11/c1-41(61)59-51-55(67-37-47-29-17-7-18-30-47)53(65-35-45-25-13-5-14-26-45)49(39-63-33-43-21-9-3-10-22-43)69-57(51)71-58-52(60-42(2)62)56(68-38-48-31-19-8-20-32-48)54(66-36-46-27-15-6-16-28-46)50(70-58)40-64-34-44-23-11-4-12-24-44/h3-32,49-58H,33-40H2,1-2H3,(H,59,61)(H,60,62)/t49-,50-,51-,52-,53+,54+,55-,56-,57-,58-/m1/s1. The Hall–Kier alpha value is -6.10. The molecule has 6 aromatic carbocycles. The number of hydrogen-bond acceptors (Lipinski definition) is 11. The van der Waals surface area contributed by atoms with Crippen molar-refractivity contribution in [2.75, 3.05) is 13.2 Å². The first-order chi connectivity index (χ1) is 34.9. The fourth-order valence-corrected chi connectivity index (χ4v) is 8.82. The third-order valence-corrected chi connectivity index (χ3v) is 12.2. The minimum Gasteiger partial charge on any atom is -0.374 e. The van der Waals surface area contributed by atoms with Crippen LogP contribution in [-0.4, -0.2) is 86.3 Å². The molecule has 13 heteroatoms. The van der Waals surface area contributed by atoms with Gasteiger partial charge in [0.25, 0.3) is 0 Å². The van der Waals surface area contributed by atoms with E-state index in [0.29, 0.717) is 13.2 Å². The van der Waals surface area contributed by atoms with Gasteiger partial charge in [0.2, 0.25) is 11.8 Å². The molecule has 8 rings (SSSR count). The highest BCUT2D eigenvalue weighted by molar-refractivity contribution is 5.73. The Morgan fingerprint density at radius 1 is 0.380 bits per heavy atom. The lowest BCUT2D eigenvalue weighted by molar-refractivity contribution is -0.358. The molecule has 0 radical (unpaired) electrons. The predicted molar refractivity (Wildman–Crippen MR) is 266 cm³/mol. The van der Waals surface area contributed by atoms with E-state index >= 15 is 0 Å². The minimum atomic E-state index is -1.25. The zero-order chi connectivity index (χ0) is 49.0. The van der Waals surface area contributed by atoms with Gasteiger partial charge in [-0.05, 0) is 33.4 Å². The summed E-state index contributed by atoms with van der Waals surface area (Å²) in [4.78, 5) is 26.8. The highest BCUT2D eigenvalue weighted by Crippen LogP contribution is 2.35. The van der Waals surface area contributed by atoms with E-state index in [4.69, 9.17) is 42.6 Å². The van der Waals surface area contributed by atoms with Crippen molar-refractivity contribution in [1.82, 2.24) is 10.6 Å². The van der Waals surface area contributed by atoms with Crippen LogP contribution < -0.4 is 10.6 Å². The van der Waals surface area contributed by atoms with Crippen LogP contribution >= 0.6 is 0 Å². The molecule has 0 aliphatic carbocycles. The van der Waals surface area contributed by atoms with Crippen molar-refractivity contribution >= 4 is 11.8 Å². The third kappa shape index (κ3) is 15.4. The van der Waals surface area contributed by atoms with Crippen molar-refractivity contribution in [2.24, 2.45) is 0 Å². The van der Waals surface area contributed by atoms with E-state index in [-0.39, 0.29) is 51.5 Å². The minimum absolute atomic E-state index is 0.0704. The molecule has 0 saturated carbocycles. The zero-order valence-corrected chi connectivity index (χ0v) is 40.2. The van der Waals surface area contributed by atoms with Gasteiger partial charge in [0.1, 0.15) is 48.7 Å². The molecule has 2 fully saturated rings. The van der Waals surface area contributed by atoms with Crippen LogP contribution in [0.15, 0.2) is 182 Å². The van der Waals surface area contributed by atoms with Gasteiger partial charge >= 0.3 is 0 Å². The Bertz CT molecular complexity index is 2290. The SMILES string of the molecule is CC(=O)N[C@H]1[C@@H](O[C@H]2O[C@H](COCc3ccccc3)[C@H](OCc3ccccc3)[C@H](OCc3ccccc3)[C@H]2NC(C)=O)O[C@H](COCc2ccccc2)[C@H](OCc2ccccc2)[C@@H]1OCc1ccccc1. The largest absolute Gasteiger partial charge is 0.374 e. The molecule has 0 spiro atoms. The first kappa shape index (κ1) is 51.3. The second-order valence-corrected chi connectivity index (χ2v) is 17.7. The molecular weight excluding hydrogens is 901 g/mol. The van der Waals surface area contributed by atoms with Crippen LogP contribution in [0.1, 0.15) is 47.2 Å². The summed E-state index contributed by atoms with van der Waals surface area (Å²) < 4.78 is 61.2. The number of rotatable bonds is 24. The van der Waals surface area contributed by atoms with E-state index in [1.165, 1.54) is 13.8 Å². The van der Waals surface area contributed by atoms with Crippen molar-refractivity contribution in [3.63, 3.8) is 0 Å². The predicted octanol–water partition coefficient (Wildman–Crippen LogP) is 8.24. The maximum atomic E-state index is 13.4. The number of amides is 2. The van der Waals surface area contributed by atoms with Crippen molar-refractivity contribution in [2.45, 2.75) is 115 Å². The maximum Gasteiger partial charge on any atom is 0.217 e. The van der Waals surface area contributed by atoms with Crippen molar-refractivity contribution in [3.8, 4) is 0 Å². The number of benzene rings is 6. The average Bonchev–Trinajstić information content (AvgIpc) is 3.39. The second-order valence-electron chi connectivity index (χ2n) is 17.7. The van der Waals surface area contributed by atoms with Crippen molar-refractivity contribution < 1.29 is 52.2 Å². The number of hydrogen-bond donors (Lipinski definition) is 2. The summed E-state index contributed by atoms with van der Waals surface area (Å²) in [5, 5.41) is 6.21. The van der Waals surface area contributed by atoms with E-state index in [1.807, 2.05) is 182 Å². The van der Waals surface area contributed by atoms with Crippen LogP contribution in [0.3, 0.4) is 0 Å². The van der Waals surface area contributed by atoms with Crippen LogP contribution in [0, 0.1) is 0 Å². The Labute approximate surface area is 416 Å². The molecule has 2 aliphatic rings. The summed E-state index contributed by atoms with van der Waals surface area (Å²) in [7, 11) is 0. The first-order valence-electron chi connectivity index (χ1n) is 24.2. The van der Waals surface area contributed by atoms with Gasteiger partial charge in [0.05, 0.1) is 52.9 Å². The van der Waals surface area contributed by atoms with Gasteiger partial charge in [-0.2, -0.15) is 0 Å². The van der Waals surface area contributed by atoms with Crippen molar-refractivity contribution in [1.29, 1.82) is 0 Å². The zero-order valence-electron chi connectivity index (χ0n) is 40.2. The van der Waals surface area contributed by atoms with Crippen LogP contribution in [0.2, 0.25) is 0 Å². The molecule has 2 saturated heterocycles. The molecule has 2 amide bonds. The average molecular weight is 965 g/mol. The summed E-state index contributed by atoms with van der Waals surface area (Å²) in [6.07, 6.45) is -7.34. The molecular formula is C58H64N2O11. The Kier molecular flexibility index (Phi) is 19.4. The smallest absolute Gasteiger partial charge is 0.217 e. The summed E-state index contributed by atoms with van der Waals surface area (Å²) in [5.74, 6) is -0.704. The lowest BCUT2D eigenvalue weighted by Gasteiger charge is -2.50. The molecule has 10 atom stereocenters. The monoisotopic (exact) mass is 964 g/mol. The summed E-state index contributed by atoms with van der Waals surface area (Å²) in [6.45, 7) is 4.41. The number of carbonyl (C=O) groups is 2. The van der Waals surface area contributed by atoms with Gasteiger partial charge < -0.3 is 53.3 Å². The normalized spacial score (nSPS) is 24.2. The maximum absolute atomic E-state index is 13.4. The lowest BCUT2D eigenvalue weighted by atomic mass is 9.94. The third-order valence-electron chi connectivity index (χ3n) is 12.2. The molecule has 2 N–H and O–H groups in total. The van der Waals surface area contributed by atoms with Gasteiger partial charge in [-0.3, -0.25) is 9.59 Å². The summed E-state index contributed by atoms with van der Waals surface area (Å²) in [6, 6.07) is 57.0. The topological polar surface area (TPSA) is 141 Å². The lowest BCUT2D eigenvalue weighted by Crippen LogP contribution is -2.70. The molecule has 6 aromatic rings. The molecule has 71 heavy (non-hydrogen) atoms. The van der Waals surface area contributed by atoms with Gasteiger partial charge in [0.15, 0.2) is 12.6 Å². The van der Waals surface area contributed by atoms with Gasteiger partial charge in [-0.1, -0.05) is 182 Å². The first-order valence-corrected chi connectivity index (χ1v) is 24.2. The molecule has 0 unspecified atom stereocenters. The van der Waals surface area contributed by atoms with E-state index in [2.05, 4.69) is 10.6 Å². The van der Waals surface area contributed by atoms with Crippen LogP contribution in [-0.2, 0) is 91.9 Å². The van der Waals surface area contributed by atoms with Gasteiger partial charge in [-0.15, -0.1) is 0 Å². The molecule has 0 bridgehead atoms. The van der Waals surface area contributed by atoms with Gasteiger partial charge in [0, 0.05) is 13.8 Å². The molecule has 0 aromatic heterocycles. The Balaban J connectivity index is 1.16. The molecule has 13 nitrogen and oxygen atoms in total. The Morgan fingerprint density at radius 2 is 0.634 bits per heavy atom. The fourth-order valence-electron chi connectivity index (χ4n) is 8.82. The highest BCUT2D eigenvalue weighted by atomic mass is 16.8. The summed E-state index contributed by atoms with van der Waals surface area (Å²) in [5.41, 5.74) is 5.66. The van der Waals surface area contributed by atoms with Crippen LogP contribution in [0.4, 0.5) is 0 Å². The number of ether oxygens (including phenoxy) is 9. The van der Waals surface area contributed by atoms with E-state index < -0.39 is 61.3 Å². The molecule has 372 valence electrons. The van der Waals surface area contributed by atoms with E-state index in [1.54, 1.807) is 0 Å². The quantitative estimate of drug-likeness (QED) is 0.0606. The molecule has 2 aliphatic heterocycles. The number of carbonyl (C=O) groups excluding carboxylic acids is 2. The molecule has 2 heterocycles. The summed E-state index contributed by atoms with van der Waals surface area (Å²) >= 11 is 0. The van der Waals surface area contributed by atoms with Crippen LogP contribution in [0.5, 0.6) is 0 Å². The van der Waals surface area contributed by atoms with Crippen LogP contribution in [0.25, 0.3) is 0 Å². The number of nitrogens with one attached hydrogen (secondary N) is 2. The van der Waals surface area contributed by atoms with Gasteiger partial charge in [-0.25, -0.2) is 0 Å². The second kappa shape index (κ2) is 26.9. The fraction of sp³-hybridized carbons (Fsp3) is 0.345. The Morgan fingerprint density at radius 3 is 0.901 bits per heavy atom. The van der Waals surface area contributed by atoms with E-state index in [0.717, 1.165) is 33.4 Å². The van der Waals surface area contributed by atoms with Crippen molar-refractivity contribution in [3.05, 3.63) is 215 Å². The van der Waals surface area contributed by atoms with E-state index in [9.17, 15) is 9.59 Å². The highest BCUT2D eigenvalue weighted by Gasteiger charge is 2.54.